The third-order valence-corrected chi connectivity index (χ3v) is 1.86. The average Bonchev–Trinajstić information content (AvgIpc) is 2.27. The quantitative estimate of drug-likeness (QED) is 0.616. The first kappa shape index (κ1) is 6.74. The Morgan fingerprint density at radius 1 is 1.45 bits per heavy atom. The van der Waals surface area contributed by atoms with Crippen LogP contribution in [0, 0.1) is 13.0 Å². The maximum Gasteiger partial charge on any atom is 0.0463 e. The number of aromatic nitrogens is 1. The van der Waals surface area contributed by atoms with Crippen LogP contribution in [0.2, 0.25) is 5.02 Å². The smallest absolute Gasteiger partial charge is 0.0463 e. The van der Waals surface area contributed by atoms with E-state index in [4.69, 9.17) is 11.6 Å². The van der Waals surface area contributed by atoms with E-state index in [1.807, 2.05) is 25.1 Å². The van der Waals surface area contributed by atoms with Gasteiger partial charge in [-0.1, -0.05) is 11.6 Å². The van der Waals surface area contributed by atoms with Crippen molar-refractivity contribution in [2.24, 2.45) is 0 Å². The second kappa shape index (κ2) is 2.28. The minimum Gasteiger partial charge on any atom is -0.358 e. The number of H-pyrrole nitrogens is 1. The molecule has 0 amide bonds. The van der Waals surface area contributed by atoms with Crippen LogP contribution >= 0.6 is 11.6 Å². The zero-order valence-corrected chi connectivity index (χ0v) is 6.87. The van der Waals surface area contributed by atoms with Gasteiger partial charge in [-0.05, 0) is 25.1 Å². The number of hydrogen-bond donors (Lipinski definition) is 1. The third-order valence-electron chi connectivity index (χ3n) is 1.63. The Hall–Kier alpha value is -0.950. The molecule has 0 spiro atoms. The maximum absolute atomic E-state index is 5.79. The van der Waals surface area contributed by atoms with Gasteiger partial charge in [-0.15, -0.1) is 0 Å². The van der Waals surface area contributed by atoms with Crippen LogP contribution in [-0.4, -0.2) is 4.98 Å². The molecule has 0 saturated heterocycles. The van der Waals surface area contributed by atoms with Crippen molar-refractivity contribution in [2.45, 2.75) is 6.92 Å². The number of aryl methyl sites for hydroxylation is 1. The summed E-state index contributed by atoms with van der Waals surface area (Å²) in [7, 11) is 0. The summed E-state index contributed by atoms with van der Waals surface area (Å²) in [6.45, 7) is 1.98. The molecule has 1 N–H and O–H groups in total. The lowest BCUT2D eigenvalue weighted by Gasteiger charge is -1.88. The van der Waals surface area contributed by atoms with Crippen LogP contribution in [0.15, 0.2) is 18.2 Å². The summed E-state index contributed by atoms with van der Waals surface area (Å²) in [5.41, 5.74) is 2.13. The van der Waals surface area contributed by atoms with Crippen LogP contribution < -0.4 is 0 Å². The van der Waals surface area contributed by atoms with E-state index in [9.17, 15) is 0 Å². The van der Waals surface area contributed by atoms with Crippen molar-refractivity contribution in [2.75, 3.05) is 0 Å². The van der Waals surface area contributed by atoms with Crippen LogP contribution in [0.25, 0.3) is 10.9 Å². The second-order valence-electron chi connectivity index (χ2n) is 2.56. The van der Waals surface area contributed by atoms with E-state index in [1.54, 1.807) is 0 Å². The summed E-state index contributed by atoms with van der Waals surface area (Å²) in [4.78, 5) is 3.17. The molecule has 0 atom stereocenters. The summed E-state index contributed by atoms with van der Waals surface area (Å²) in [6, 6.07) is 8.89. The molecule has 2 aromatic rings. The highest BCUT2D eigenvalue weighted by Crippen LogP contribution is 2.18. The van der Waals surface area contributed by atoms with Gasteiger partial charge >= 0.3 is 0 Å². The Morgan fingerprint density at radius 3 is 3.09 bits per heavy atom. The number of halogens is 1. The molecule has 1 aromatic carbocycles. The predicted molar refractivity (Wildman–Crippen MR) is 46.9 cm³/mol. The van der Waals surface area contributed by atoms with Crippen molar-refractivity contribution >= 4 is 22.5 Å². The normalized spacial score (nSPS) is 10.7. The number of benzene rings is 1. The molecule has 11 heavy (non-hydrogen) atoms. The highest BCUT2D eigenvalue weighted by atomic mass is 35.5. The lowest BCUT2D eigenvalue weighted by molar-refractivity contribution is 1.30. The largest absolute Gasteiger partial charge is 0.358 e. The van der Waals surface area contributed by atoms with Crippen LogP contribution in [-0.2, 0) is 0 Å². The summed E-state index contributed by atoms with van der Waals surface area (Å²) in [6.07, 6.45) is 0. The predicted octanol–water partition coefficient (Wildman–Crippen LogP) is 2.93. The molecule has 0 unspecified atom stereocenters. The molecular formula is C9H7ClN. The minimum absolute atomic E-state index is 0.757. The Bertz CT molecular complexity index is 389. The summed E-state index contributed by atoms with van der Waals surface area (Å²) < 4.78 is 0. The molecule has 2 rings (SSSR count). The second-order valence-corrected chi connectivity index (χ2v) is 3.00. The Balaban J connectivity index is 2.82. The first-order valence-corrected chi connectivity index (χ1v) is 3.80. The first-order chi connectivity index (χ1) is 5.25. The fraction of sp³-hybridized carbons (Fsp3) is 0.111. The Labute approximate surface area is 70.0 Å². The fourth-order valence-corrected chi connectivity index (χ4v) is 1.34. The van der Waals surface area contributed by atoms with E-state index in [-0.39, 0.29) is 0 Å². The van der Waals surface area contributed by atoms with Gasteiger partial charge in [0.05, 0.1) is 0 Å². The molecule has 1 nitrogen and oxygen atoms in total. The van der Waals surface area contributed by atoms with Gasteiger partial charge < -0.3 is 4.98 Å². The number of fused-ring (bicyclic) bond motifs is 1. The molecule has 0 aliphatic carbocycles. The van der Waals surface area contributed by atoms with Gasteiger partial charge in [-0.25, -0.2) is 0 Å². The zero-order valence-electron chi connectivity index (χ0n) is 6.11. The van der Waals surface area contributed by atoms with Crippen molar-refractivity contribution < 1.29 is 0 Å². The molecule has 0 saturated carbocycles. The van der Waals surface area contributed by atoms with Crippen molar-refractivity contribution in [1.82, 2.24) is 4.98 Å². The van der Waals surface area contributed by atoms with Gasteiger partial charge in [0.1, 0.15) is 0 Å². The van der Waals surface area contributed by atoms with E-state index in [0.29, 0.717) is 0 Å². The van der Waals surface area contributed by atoms with Gasteiger partial charge in [0.25, 0.3) is 0 Å². The van der Waals surface area contributed by atoms with Crippen molar-refractivity contribution in [3.8, 4) is 0 Å². The molecule has 55 valence electrons. The molecule has 1 aromatic heterocycles. The van der Waals surface area contributed by atoms with E-state index in [1.165, 1.54) is 0 Å². The van der Waals surface area contributed by atoms with Gasteiger partial charge in [-0.3, -0.25) is 0 Å². The summed E-state index contributed by atoms with van der Waals surface area (Å²) in [5.74, 6) is 0. The number of rotatable bonds is 0. The SMILES string of the molecule is Cc1[c]c2cc(Cl)ccc2[nH]1. The summed E-state index contributed by atoms with van der Waals surface area (Å²) in [5, 5.41) is 1.81. The molecular weight excluding hydrogens is 158 g/mol. The molecule has 0 fully saturated rings. The topological polar surface area (TPSA) is 15.8 Å². The van der Waals surface area contributed by atoms with Crippen LogP contribution in [0.1, 0.15) is 5.69 Å². The van der Waals surface area contributed by atoms with Gasteiger partial charge in [0.2, 0.25) is 0 Å². The van der Waals surface area contributed by atoms with Crippen molar-refractivity contribution in [1.29, 1.82) is 0 Å². The number of hydrogen-bond acceptors (Lipinski definition) is 0. The first-order valence-electron chi connectivity index (χ1n) is 3.43. The average molecular weight is 165 g/mol. The minimum atomic E-state index is 0.757. The monoisotopic (exact) mass is 164 g/mol. The summed E-state index contributed by atoms with van der Waals surface area (Å²) >= 11 is 5.79. The number of nitrogens with one attached hydrogen (secondary N) is 1. The standard InChI is InChI=1S/C9H7ClN/c1-6-4-7-5-8(10)2-3-9(7)11-6/h2-3,5,11H,1H3. The van der Waals surface area contributed by atoms with E-state index >= 15 is 0 Å². The molecule has 1 heterocycles. The van der Waals surface area contributed by atoms with E-state index < -0.39 is 0 Å². The fourth-order valence-electron chi connectivity index (χ4n) is 1.16. The van der Waals surface area contributed by atoms with Crippen molar-refractivity contribution in [3.63, 3.8) is 0 Å². The highest BCUT2D eigenvalue weighted by molar-refractivity contribution is 6.31. The lowest BCUT2D eigenvalue weighted by atomic mass is 10.2. The Kier molecular flexibility index (Phi) is 1.40. The zero-order chi connectivity index (χ0) is 7.84. The molecule has 0 aliphatic rings. The number of aromatic amines is 1. The van der Waals surface area contributed by atoms with E-state index in [2.05, 4.69) is 11.1 Å². The molecule has 2 heteroatoms. The van der Waals surface area contributed by atoms with Gasteiger partial charge in [0, 0.05) is 27.7 Å². The molecule has 0 aliphatic heterocycles. The van der Waals surface area contributed by atoms with Crippen LogP contribution in [0.5, 0.6) is 0 Å². The molecule has 0 bridgehead atoms. The maximum atomic E-state index is 5.79. The van der Waals surface area contributed by atoms with Gasteiger partial charge in [-0.2, -0.15) is 0 Å². The third kappa shape index (κ3) is 1.12. The van der Waals surface area contributed by atoms with Crippen LogP contribution in [0.3, 0.4) is 0 Å². The highest BCUT2D eigenvalue weighted by Gasteiger charge is 1.96. The van der Waals surface area contributed by atoms with Crippen LogP contribution in [0.4, 0.5) is 0 Å². The van der Waals surface area contributed by atoms with Gasteiger partial charge in [0.15, 0.2) is 0 Å². The Morgan fingerprint density at radius 2 is 2.27 bits per heavy atom. The van der Waals surface area contributed by atoms with Crippen molar-refractivity contribution in [3.05, 3.63) is 35.0 Å². The lowest BCUT2D eigenvalue weighted by Crippen LogP contribution is -1.67. The van der Waals surface area contributed by atoms with E-state index in [0.717, 1.165) is 21.6 Å². The molecule has 1 radical (unpaired) electrons.